The molecule has 0 fully saturated rings. The highest BCUT2D eigenvalue weighted by Crippen LogP contribution is 2.42. The van der Waals surface area contributed by atoms with Crippen molar-refractivity contribution < 1.29 is 32.2 Å². The molecule has 2 heterocycles. The SMILES string of the molecule is Cl.NC(Cc1ccc(-c2csc3c(OC(c4ccc(-c5cccc(F)c5)cc4)C(F)(F)F)ncnc23)cc1)C(=O)O. The van der Waals surface area contributed by atoms with Gasteiger partial charge in [0, 0.05) is 16.5 Å². The van der Waals surface area contributed by atoms with Crippen LogP contribution in [0.15, 0.2) is 84.5 Å². The number of hydrogen-bond donors (Lipinski definition) is 2. The van der Waals surface area contributed by atoms with Gasteiger partial charge >= 0.3 is 12.1 Å². The Morgan fingerprint density at radius 1 is 0.976 bits per heavy atom. The number of rotatable bonds is 8. The van der Waals surface area contributed by atoms with Crippen LogP contribution in [0.3, 0.4) is 0 Å². The molecule has 12 heteroatoms. The Balaban J connectivity index is 0.00000387. The molecule has 0 radical (unpaired) electrons. The number of carbonyl (C=O) groups is 1. The maximum absolute atomic E-state index is 14.2. The van der Waals surface area contributed by atoms with Crippen LogP contribution in [-0.2, 0) is 11.2 Å². The molecule has 2 unspecified atom stereocenters. The summed E-state index contributed by atoms with van der Waals surface area (Å²) in [7, 11) is 0. The Hall–Kier alpha value is -4.06. The summed E-state index contributed by atoms with van der Waals surface area (Å²) < 4.78 is 61.9. The number of thiophene rings is 1. The lowest BCUT2D eigenvalue weighted by Gasteiger charge is -2.22. The molecule has 3 N–H and O–H groups in total. The van der Waals surface area contributed by atoms with Crippen molar-refractivity contribution in [3.8, 4) is 28.1 Å². The van der Waals surface area contributed by atoms with Gasteiger partial charge in [0.2, 0.25) is 12.0 Å². The highest BCUT2D eigenvalue weighted by atomic mass is 35.5. The number of benzene rings is 3. The van der Waals surface area contributed by atoms with E-state index in [4.69, 9.17) is 15.6 Å². The number of aliphatic carboxylic acids is 1. The highest BCUT2D eigenvalue weighted by molar-refractivity contribution is 7.18. The smallest absolute Gasteiger partial charge is 0.429 e. The number of alkyl halides is 3. The number of ether oxygens (including phenoxy) is 1. The lowest BCUT2D eigenvalue weighted by molar-refractivity contribution is -0.198. The summed E-state index contributed by atoms with van der Waals surface area (Å²) in [6, 6.07) is 17.4. The van der Waals surface area contributed by atoms with Crippen LogP contribution >= 0.6 is 23.7 Å². The lowest BCUT2D eigenvalue weighted by atomic mass is 10.0. The summed E-state index contributed by atoms with van der Waals surface area (Å²) in [5.41, 5.74) is 9.13. The van der Waals surface area contributed by atoms with Crippen LogP contribution in [-0.4, -0.2) is 33.3 Å². The minimum Gasteiger partial charge on any atom is -0.480 e. The van der Waals surface area contributed by atoms with Crippen molar-refractivity contribution >= 4 is 39.9 Å². The van der Waals surface area contributed by atoms with Crippen molar-refractivity contribution in [3.05, 3.63) is 101 Å². The predicted molar refractivity (Wildman–Crippen MR) is 151 cm³/mol. The molecule has 2 aromatic heterocycles. The van der Waals surface area contributed by atoms with Gasteiger partial charge in [-0.15, -0.1) is 23.7 Å². The van der Waals surface area contributed by atoms with E-state index in [-0.39, 0.29) is 30.3 Å². The van der Waals surface area contributed by atoms with Gasteiger partial charge in [-0.25, -0.2) is 14.4 Å². The molecule has 2 atom stereocenters. The zero-order valence-corrected chi connectivity index (χ0v) is 22.6. The fourth-order valence-electron chi connectivity index (χ4n) is 4.23. The Labute approximate surface area is 241 Å². The molecule has 41 heavy (non-hydrogen) atoms. The van der Waals surface area contributed by atoms with Crippen molar-refractivity contribution in [3.63, 3.8) is 0 Å². The van der Waals surface area contributed by atoms with Gasteiger partial charge in [0.05, 0.1) is 5.52 Å². The third-order valence-corrected chi connectivity index (χ3v) is 7.21. The van der Waals surface area contributed by atoms with Gasteiger partial charge in [-0.1, -0.05) is 60.7 Å². The van der Waals surface area contributed by atoms with Crippen LogP contribution in [0.25, 0.3) is 32.5 Å². The molecular weight excluding hydrogens is 582 g/mol. The predicted octanol–water partition coefficient (Wildman–Crippen LogP) is 7.22. The van der Waals surface area contributed by atoms with Crippen molar-refractivity contribution in [1.29, 1.82) is 0 Å². The minimum absolute atomic E-state index is 0. The van der Waals surface area contributed by atoms with E-state index in [0.717, 1.165) is 28.8 Å². The first-order valence-corrected chi connectivity index (χ1v) is 12.9. The number of aromatic nitrogens is 2. The number of nitrogens with zero attached hydrogens (tertiary/aromatic N) is 2. The van der Waals surface area contributed by atoms with Gasteiger partial charge in [-0.3, -0.25) is 4.79 Å². The highest BCUT2D eigenvalue weighted by Gasteiger charge is 2.43. The number of nitrogens with two attached hydrogens (primary N) is 1. The van der Waals surface area contributed by atoms with Crippen LogP contribution in [0.2, 0.25) is 0 Å². The number of halogens is 5. The van der Waals surface area contributed by atoms with Crippen molar-refractivity contribution in [2.75, 3.05) is 0 Å². The Morgan fingerprint density at radius 2 is 1.66 bits per heavy atom. The van der Waals surface area contributed by atoms with Crippen molar-refractivity contribution in [2.45, 2.75) is 24.7 Å². The summed E-state index contributed by atoms with van der Waals surface area (Å²) in [5, 5.41) is 10.8. The average Bonchev–Trinajstić information content (AvgIpc) is 3.36. The van der Waals surface area contributed by atoms with E-state index in [1.165, 1.54) is 42.5 Å². The Kier molecular flexibility index (Phi) is 8.91. The number of fused-ring (bicyclic) bond motifs is 1. The van der Waals surface area contributed by atoms with Crippen LogP contribution in [0, 0.1) is 5.82 Å². The number of carboxylic acids is 1. The van der Waals surface area contributed by atoms with Crippen molar-refractivity contribution in [1.82, 2.24) is 9.97 Å². The number of carboxylic acid groups (broad SMARTS) is 1. The molecule has 0 bridgehead atoms. The summed E-state index contributed by atoms with van der Waals surface area (Å²) >= 11 is 1.15. The van der Waals surface area contributed by atoms with Crippen LogP contribution in [0.4, 0.5) is 17.6 Å². The van der Waals surface area contributed by atoms with Gasteiger partial charge in [-0.05, 0) is 40.8 Å². The Morgan fingerprint density at radius 3 is 2.29 bits per heavy atom. The van der Waals surface area contributed by atoms with Gasteiger partial charge in [0.1, 0.15) is 22.9 Å². The second-order valence-electron chi connectivity index (χ2n) is 9.02. The molecule has 0 aliphatic rings. The fourth-order valence-corrected chi connectivity index (χ4v) is 5.19. The van der Waals surface area contributed by atoms with Gasteiger partial charge in [-0.2, -0.15) is 13.2 Å². The maximum atomic E-state index is 14.2. The monoisotopic (exact) mass is 603 g/mol. The summed E-state index contributed by atoms with van der Waals surface area (Å²) in [5.74, 6) is -1.75. The average molecular weight is 604 g/mol. The molecule has 0 spiro atoms. The minimum atomic E-state index is -4.75. The first-order valence-electron chi connectivity index (χ1n) is 12.0. The first-order chi connectivity index (χ1) is 19.1. The molecule has 6 nitrogen and oxygen atoms in total. The topological polar surface area (TPSA) is 98.3 Å². The zero-order chi connectivity index (χ0) is 28.4. The van der Waals surface area contributed by atoms with Crippen molar-refractivity contribution in [2.24, 2.45) is 5.73 Å². The fraction of sp³-hybridized carbons (Fsp3) is 0.138. The molecule has 212 valence electrons. The number of hydrogen-bond acceptors (Lipinski definition) is 6. The van der Waals surface area contributed by atoms with E-state index >= 15 is 0 Å². The van der Waals surface area contributed by atoms with E-state index in [2.05, 4.69) is 9.97 Å². The van der Waals surface area contributed by atoms with E-state index in [1.54, 1.807) is 35.7 Å². The molecule has 0 saturated carbocycles. The Bertz CT molecular complexity index is 1660. The largest absolute Gasteiger partial charge is 0.480 e. The molecule has 0 aliphatic carbocycles. The van der Waals surface area contributed by atoms with Crippen LogP contribution in [0.1, 0.15) is 17.2 Å². The second-order valence-corrected chi connectivity index (χ2v) is 9.90. The van der Waals surface area contributed by atoms with E-state index in [9.17, 15) is 22.4 Å². The third-order valence-electron chi connectivity index (χ3n) is 6.26. The molecule has 3 aromatic carbocycles. The van der Waals surface area contributed by atoms with Gasteiger partial charge < -0.3 is 15.6 Å². The molecule has 0 saturated heterocycles. The summed E-state index contributed by atoms with van der Waals surface area (Å²) in [4.78, 5) is 19.3. The van der Waals surface area contributed by atoms with E-state index in [0.29, 0.717) is 26.9 Å². The quantitative estimate of drug-likeness (QED) is 0.182. The molecular formula is C29H22ClF4N3O3S. The van der Waals surface area contributed by atoms with Crippen LogP contribution < -0.4 is 10.5 Å². The van der Waals surface area contributed by atoms with E-state index < -0.39 is 30.1 Å². The zero-order valence-electron chi connectivity index (χ0n) is 21.0. The summed E-state index contributed by atoms with van der Waals surface area (Å²) in [6.45, 7) is 0. The van der Waals surface area contributed by atoms with Gasteiger partial charge in [0.15, 0.2) is 0 Å². The standard InChI is InChI=1S/C29H21F4N3O3S.ClH/c30-21-3-1-2-20(13-21)17-8-10-19(11-9-17)26(29(31,32)33)39-27-25-24(35-15-36-27)22(14-40-25)18-6-4-16(5-7-18)12-23(34)28(37)38;/h1-11,13-15,23,26H,12,34H2,(H,37,38);1H. The molecule has 5 aromatic rings. The van der Waals surface area contributed by atoms with Crippen LogP contribution in [0.5, 0.6) is 5.88 Å². The second kappa shape index (κ2) is 12.2. The molecule has 0 amide bonds. The normalized spacial score (nSPS) is 12.9. The third kappa shape index (κ3) is 6.64. The van der Waals surface area contributed by atoms with E-state index in [1.807, 2.05) is 0 Å². The maximum Gasteiger partial charge on any atom is 0.429 e. The summed E-state index contributed by atoms with van der Waals surface area (Å²) in [6.07, 6.45) is -5.74. The molecule has 5 rings (SSSR count). The lowest BCUT2D eigenvalue weighted by Crippen LogP contribution is -2.32. The molecule has 0 aliphatic heterocycles. The first kappa shape index (κ1) is 29.9. The van der Waals surface area contributed by atoms with Gasteiger partial charge in [0.25, 0.3) is 0 Å².